The number of thioether (sulfide) groups is 1. The van der Waals surface area contributed by atoms with Crippen molar-refractivity contribution in [1.82, 2.24) is 9.88 Å². The standard InChI is InChI=1S/C22H18N2O3S/c1-15-7-9-16(10-8-15)19-20(28-14-18-6-4-12-27-18)22(26)24(21(19)25)13-17-5-2-3-11-23-17/h2-12H,13-14H2,1H3. The zero-order valence-electron chi connectivity index (χ0n) is 15.3. The zero-order chi connectivity index (χ0) is 19.5. The molecule has 1 aliphatic heterocycles. The number of hydrogen-bond acceptors (Lipinski definition) is 5. The second kappa shape index (κ2) is 7.86. The number of aryl methyl sites for hydroxylation is 1. The Morgan fingerprint density at radius 3 is 2.50 bits per heavy atom. The van der Waals surface area contributed by atoms with E-state index in [9.17, 15) is 9.59 Å². The van der Waals surface area contributed by atoms with Gasteiger partial charge in [0.05, 0.1) is 34.7 Å². The normalized spacial score (nSPS) is 14.2. The number of pyridine rings is 1. The fraction of sp³-hybridized carbons (Fsp3) is 0.136. The highest BCUT2D eigenvalue weighted by Crippen LogP contribution is 2.38. The van der Waals surface area contributed by atoms with Crippen molar-refractivity contribution in [3.05, 3.63) is 94.5 Å². The van der Waals surface area contributed by atoms with E-state index < -0.39 is 0 Å². The van der Waals surface area contributed by atoms with Crippen LogP contribution in [0.2, 0.25) is 0 Å². The largest absolute Gasteiger partial charge is 0.468 e. The lowest BCUT2D eigenvalue weighted by atomic mass is 10.0. The minimum Gasteiger partial charge on any atom is -0.468 e. The third-order valence-corrected chi connectivity index (χ3v) is 5.55. The summed E-state index contributed by atoms with van der Waals surface area (Å²) in [5.41, 5.74) is 2.95. The average Bonchev–Trinajstić information content (AvgIpc) is 3.30. The summed E-state index contributed by atoms with van der Waals surface area (Å²) in [7, 11) is 0. The molecule has 0 bridgehead atoms. The Kier molecular flexibility index (Phi) is 5.12. The van der Waals surface area contributed by atoms with E-state index in [0.29, 0.717) is 21.9 Å². The minimum atomic E-state index is -0.290. The Morgan fingerprint density at radius 2 is 1.82 bits per heavy atom. The van der Waals surface area contributed by atoms with Gasteiger partial charge in [0.25, 0.3) is 11.8 Å². The molecule has 0 fully saturated rings. The summed E-state index contributed by atoms with van der Waals surface area (Å²) in [6.07, 6.45) is 3.25. The lowest BCUT2D eigenvalue weighted by Crippen LogP contribution is -2.31. The summed E-state index contributed by atoms with van der Waals surface area (Å²) in [5.74, 6) is 0.655. The number of aromatic nitrogens is 1. The van der Waals surface area contributed by atoms with Crippen LogP contribution in [-0.4, -0.2) is 21.7 Å². The van der Waals surface area contributed by atoms with Gasteiger partial charge in [-0.05, 0) is 36.8 Å². The molecular weight excluding hydrogens is 372 g/mol. The van der Waals surface area contributed by atoms with Gasteiger partial charge in [-0.15, -0.1) is 11.8 Å². The molecule has 3 aromatic rings. The highest BCUT2D eigenvalue weighted by atomic mass is 32.2. The van der Waals surface area contributed by atoms with E-state index in [1.807, 2.05) is 43.3 Å². The van der Waals surface area contributed by atoms with Gasteiger partial charge >= 0.3 is 0 Å². The van der Waals surface area contributed by atoms with Crippen LogP contribution in [0.5, 0.6) is 0 Å². The second-order valence-corrected chi connectivity index (χ2v) is 7.44. The molecule has 0 unspecified atom stereocenters. The van der Waals surface area contributed by atoms with Crippen molar-refractivity contribution in [2.45, 2.75) is 19.2 Å². The topological polar surface area (TPSA) is 63.4 Å². The van der Waals surface area contributed by atoms with Gasteiger partial charge in [-0.3, -0.25) is 19.5 Å². The first-order chi connectivity index (χ1) is 13.6. The highest BCUT2D eigenvalue weighted by Gasteiger charge is 2.39. The van der Waals surface area contributed by atoms with Crippen LogP contribution >= 0.6 is 11.8 Å². The summed E-state index contributed by atoms with van der Waals surface area (Å²) in [6, 6.07) is 16.8. The highest BCUT2D eigenvalue weighted by molar-refractivity contribution is 8.03. The number of hydrogen-bond donors (Lipinski definition) is 0. The van der Waals surface area contributed by atoms with Gasteiger partial charge in [0.15, 0.2) is 0 Å². The molecule has 1 aromatic carbocycles. The van der Waals surface area contributed by atoms with E-state index >= 15 is 0 Å². The number of rotatable bonds is 6. The van der Waals surface area contributed by atoms with Crippen molar-refractivity contribution >= 4 is 29.1 Å². The molecule has 140 valence electrons. The number of benzene rings is 1. The maximum atomic E-state index is 13.2. The predicted molar refractivity (Wildman–Crippen MR) is 108 cm³/mol. The third-order valence-electron chi connectivity index (χ3n) is 4.45. The number of carbonyl (C=O) groups is 2. The van der Waals surface area contributed by atoms with Crippen molar-refractivity contribution in [2.24, 2.45) is 0 Å². The summed E-state index contributed by atoms with van der Waals surface area (Å²) in [4.78, 5) is 32.2. The summed E-state index contributed by atoms with van der Waals surface area (Å²) >= 11 is 1.33. The lowest BCUT2D eigenvalue weighted by Gasteiger charge is -2.14. The van der Waals surface area contributed by atoms with Gasteiger partial charge in [-0.2, -0.15) is 0 Å². The Bertz CT molecular complexity index is 1030. The molecule has 1 aliphatic rings. The third kappa shape index (κ3) is 3.64. The van der Waals surface area contributed by atoms with Gasteiger partial charge < -0.3 is 4.42 Å². The van der Waals surface area contributed by atoms with Crippen LogP contribution in [0.1, 0.15) is 22.6 Å². The minimum absolute atomic E-state index is 0.151. The molecule has 5 nitrogen and oxygen atoms in total. The van der Waals surface area contributed by atoms with E-state index in [1.54, 1.807) is 30.7 Å². The SMILES string of the molecule is Cc1ccc(C2=C(SCc3ccco3)C(=O)N(Cc3ccccn3)C2=O)cc1. The van der Waals surface area contributed by atoms with Crippen LogP contribution in [0, 0.1) is 6.92 Å². The molecule has 0 N–H and O–H groups in total. The first-order valence-electron chi connectivity index (χ1n) is 8.86. The maximum Gasteiger partial charge on any atom is 0.268 e. The number of imide groups is 1. The van der Waals surface area contributed by atoms with Crippen LogP contribution in [0.3, 0.4) is 0 Å². The van der Waals surface area contributed by atoms with E-state index in [0.717, 1.165) is 16.9 Å². The Hall–Kier alpha value is -3.12. The number of amides is 2. The van der Waals surface area contributed by atoms with E-state index in [-0.39, 0.29) is 18.4 Å². The van der Waals surface area contributed by atoms with Gasteiger partial charge in [0.1, 0.15) is 5.76 Å². The first kappa shape index (κ1) is 18.3. The molecule has 0 radical (unpaired) electrons. The molecule has 2 aromatic heterocycles. The van der Waals surface area contributed by atoms with E-state index in [1.165, 1.54) is 16.7 Å². The van der Waals surface area contributed by atoms with Crippen molar-refractivity contribution in [3.63, 3.8) is 0 Å². The zero-order valence-corrected chi connectivity index (χ0v) is 16.1. The quantitative estimate of drug-likeness (QED) is 0.591. The first-order valence-corrected chi connectivity index (χ1v) is 9.84. The Labute approximate surface area is 167 Å². The Morgan fingerprint density at radius 1 is 1.00 bits per heavy atom. The summed E-state index contributed by atoms with van der Waals surface area (Å²) in [6.45, 7) is 2.14. The number of furan rings is 1. The molecule has 6 heteroatoms. The molecule has 2 amide bonds. The molecule has 0 saturated carbocycles. The van der Waals surface area contributed by atoms with Crippen LogP contribution in [0.15, 0.2) is 76.4 Å². The van der Waals surface area contributed by atoms with Crippen molar-refractivity contribution in [3.8, 4) is 0 Å². The molecule has 0 spiro atoms. The number of carbonyl (C=O) groups excluding carboxylic acids is 2. The summed E-state index contributed by atoms with van der Waals surface area (Å²) in [5, 5.41) is 0. The molecule has 3 heterocycles. The van der Waals surface area contributed by atoms with Crippen LogP contribution < -0.4 is 0 Å². The van der Waals surface area contributed by atoms with Crippen LogP contribution in [0.4, 0.5) is 0 Å². The Balaban J connectivity index is 1.67. The molecule has 0 saturated heterocycles. The van der Waals surface area contributed by atoms with Crippen molar-refractivity contribution in [2.75, 3.05) is 0 Å². The van der Waals surface area contributed by atoms with Crippen molar-refractivity contribution in [1.29, 1.82) is 0 Å². The van der Waals surface area contributed by atoms with Crippen LogP contribution in [0.25, 0.3) is 5.57 Å². The summed E-state index contributed by atoms with van der Waals surface area (Å²) < 4.78 is 5.37. The van der Waals surface area contributed by atoms with Gasteiger partial charge in [-0.25, -0.2) is 0 Å². The molecule has 0 aliphatic carbocycles. The predicted octanol–water partition coefficient (Wildman–Crippen LogP) is 4.20. The molecular formula is C22H18N2O3S. The monoisotopic (exact) mass is 390 g/mol. The molecule has 4 rings (SSSR count). The van der Waals surface area contributed by atoms with Gasteiger partial charge in [0.2, 0.25) is 0 Å². The van der Waals surface area contributed by atoms with Gasteiger partial charge in [-0.1, -0.05) is 35.9 Å². The number of nitrogens with zero attached hydrogens (tertiary/aromatic N) is 2. The molecule has 28 heavy (non-hydrogen) atoms. The van der Waals surface area contributed by atoms with Crippen molar-refractivity contribution < 1.29 is 14.0 Å². The lowest BCUT2D eigenvalue weighted by molar-refractivity contribution is -0.137. The van der Waals surface area contributed by atoms with Crippen LogP contribution in [-0.2, 0) is 21.9 Å². The fourth-order valence-electron chi connectivity index (χ4n) is 3.00. The second-order valence-electron chi connectivity index (χ2n) is 6.46. The van der Waals surface area contributed by atoms with E-state index in [4.69, 9.17) is 4.42 Å². The average molecular weight is 390 g/mol. The molecule has 0 atom stereocenters. The smallest absolute Gasteiger partial charge is 0.268 e. The maximum absolute atomic E-state index is 13.2. The van der Waals surface area contributed by atoms with Gasteiger partial charge in [0, 0.05) is 6.20 Å². The van der Waals surface area contributed by atoms with E-state index in [2.05, 4.69) is 4.98 Å². The fourth-order valence-corrected chi connectivity index (χ4v) is 4.03.